The van der Waals surface area contributed by atoms with E-state index in [1.165, 1.54) is 0 Å². The first kappa shape index (κ1) is 11.5. The average Bonchev–Trinajstić information content (AvgIpc) is 2.19. The topological polar surface area (TPSA) is 29.5 Å². The number of carbonyl (C=O) groups is 1. The Hall–Kier alpha value is -0.570. The molecule has 14 heavy (non-hydrogen) atoms. The van der Waals surface area contributed by atoms with E-state index in [2.05, 4.69) is 6.92 Å². The summed E-state index contributed by atoms with van der Waals surface area (Å²) in [6, 6.07) is 0. The summed E-state index contributed by atoms with van der Waals surface area (Å²) < 4.78 is 5.58. The van der Waals surface area contributed by atoms with Crippen LogP contribution in [0.1, 0.15) is 39.5 Å². The van der Waals surface area contributed by atoms with E-state index in [0.29, 0.717) is 13.0 Å². The van der Waals surface area contributed by atoms with E-state index in [1.807, 2.05) is 11.8 Å². The van der Waals surface area contributed by atoms with Crippen LogP contribution in [-0.2, 0) is 9.53 Å². The van der Waals surface area contributed by atoms with Crippen LogP contribution >= 0.6 is 0 Å². The molecule has 1 atom stereocenters. The highest BCUT2D eigenvalue weighted by atomic mass is 16.5. The van der Waals surface area contributed by atoms with E-state index in [-0.39, 0.29) is 12.0 Å². The van der Waals surface area contributed by atoms with Gasteiger partial charge in [0.15, 0.2) is 0 Å². The van der Waals surface area contributed by atoms with Crippen LogP contribution in [-0.4, -0.2) is 36.6 Å². The maximum Gasteiger partial charge on any atom is 0.222 e. The SMILES string of the molecule is CCCC(=O)N1CCOC(CCC)C1. The standard InChI is InChI=1S/C11H21NO2/c1-3-5-10-9-12(7-8-14-10)11(13)6-4-2/h10H,3-9H2,1-2H3. The van der Waals surface area contributed by atoms with Crippen molar-refractivity contribution in [3.63, 3.8) is 0 Å². The number of hydrogen-bond acceptors (Lipinski definition) is 2. The van der Waals surface area contributed by atoms with Crippen molar-refractivity contribution in [3.05, 3.63) is 0 Å². The largest absolute Gasteiger partial charge is 0.375 e. The third-order valence-corrected chi connectivity index (χ3v) is 2.57. The molecule has 1 aliphatic heterocycles. The molecule has 0 saturated carbocycles. The van der Waals surface area contributed by atoms with E-state index < -0.39 is 0 Å². The molecule has 0 aromatic carbocycles. The molecule has 0 spiro atoms. The molecule has 0 N–H and O–H groups in total. The van der Waals surface area contributed by atoms with Gasteiger partial charge in [0, 0.05) is 19.5 Å². The lowest BCUT2D eigenvalue weighted by molar-refractivity contribution is -0.139. The third-order valence-electron chi connectivity index (χ3n) is 2.57. The van der Waals surface area contributed by atoms with E-state index >= 15 is 0 Å². The molecular formula is C11H21NO2. The Labute approximate surface area is 86.4 Å². The Kier molecular flexibility index (Phi) is 4.94. The molecule has 1 fully saturated rings. The van der Waals surface area contributed by atoms with Crippen LogP contribution in [0.4, 0.5) is 0 Å². The first-order chi connectivity index (χ1) is 6.77. The summed E-state index contributed by atoms with van der Waals surface area (Å²) in [5.41, 5.74) is 0. The molecule has 0 radical (unpaired) electrons. The number of hydrogen-bond donors (Lipinski definition) is 0. The van der Waals surface area contributed by atoms with Crippen molar-refractivity contribution in [2.45, 2.75) is 45.6 Å². The van der Waals surface area contributed by atoms with Crippen molar-refractivity contribution >= 4 is 5.91 Å². The maximum atomic E-state index is 11.6. The van der Waals surface area contributed by atoms with Gasteiger partial charge in [0.2, 0.25) is 5.91 Å². The highest BCUT2D eigenvalue weighted by molar-refractivity contribution is 5.76. The zero-order valence-corrected chi connectivity index (χ0v) is 9.29. The number of rotatable bonds is 4. The lowest BCUT2D eigenvalue weighted by Crippen LogP contribution is -2.45. The first-order valence-electron chi connectivity index (χ1n) is 5.67. The van der Waals surface area contributed by atoms with E-state index in [1.54, 1.807) is 0 Å². The minimum Gasteiger partial charge on any atom is -0.375 e. The van der Waals surface area contributed by atoms with Crippen molar-refractivity contribution in [3.8, 4) is 0 Å². The molecule has 1 heterocycles. The summed E-state index contributed by atoms with van der Waals surface area (Å²) in [6.45, 7) is 6.48. The molecule has 3 nitrogen and oxygen atoms in total. The van der Waals surface area contributed by atoms with Crippen LogP contribution < -0.4 is 0 Å². The third kappa shape index (κ3) is 3.29. The number of carbonyl (C=O) groups excluding carboxylic acids is 1. The fourth-order valence-corrected chi connectivity index (χ4v) is 1.81. The summed E-state index contributed by atoms with van der Waals surface area (Å²) in [5, 5.41) is 0. The summed E-state index contributed by atoms with van der Waals surface area (Å²) in [6.07, 6.45) is 4.08. The Bertz CT molecular complexity index is 180. The highest BCUT2D eigenvalue weighted by Crippen LogP contribution is 2.11. The van der Waals surface area contributed by atoms with Crippen LogP contribution in [0, 0.1) is 0 Å². The van der Waals surface area contributed by atoms with Crippen LogP contribution in [0.15, 0.2) is 0 Å². The van der Waals surface area contributed by atoms with Gasteiger partial charge >= 0.3 is 0 Å². The highest BCUT2D eigenvalue weighted by Gasteiger charge is 2.22. The summed E-state index contributed by atoms with van der Waals surface area (Å²) in [4.78, 5) is 13.6. The number of nitrogens with zero attached hydrogens (tertiary/aromatic N) is 1. The molecular weight excluding hydrogens is 178 g/mol. The lowest BCUT2D eigenvalue weighted by atomic mass is 10.1. The van der Waals surface area contributed by atoms with Gasteiger partial charge in [-0.1, -0.05) is 20.3 Å². The molecule has 1 unspecified atom stereocenters. The Morgan fingerprint density at radius 1 is 1.43 bits per heavy atom. The van der Waals surface area contributed by atoms with E-state index in [4.69, 9.17) is 4.74 Å². The lowest BCUT2D eigenvalue weighted by Gasteiger charge is -2.33. The molecule has 1 rings (SSSR count). The van der Waals surface area contributed by atoms with Gasteiger partial charge in [-0.05, 0) is 12.8 Å². The van der Waals surface area contributed by atoms with Crippen molar-refractivity contribution in [2.75, 3.05) is 19.7 Å². The molecule has 1 amide bonds. The summed E-state index contributed by atoms with van der Waals surface area (Å²) in [5.74, 6) is 0.289. The van der Waals surface area contributed by atoms with E-state index in [9.17, 15) is 4.79 Å². The monoisotopic (exact) mass is 199 g/mol. The second kappa shape index (κ2) is 6.02. The molecule has 82 valence electrons. The predicted octanol–water partition coefficient (Wildman–Crippen LogP) is 1.81. The average molecular weight is 199 g/mol. The Morgan fingerprint density at radius 3 is 2.86 bits per heavy atom. The van der Waals surface area contributed by atoms with Gasteiger partial charge in [0.1, 0.15) is 0 Å². The molecule has 0 aromatic rings. The Balaban J connectivity index is 2.35. The fourth-order valence-electron chi connectivity index (χ4n) is 1.81. The second-order valence-electron chi connectivity index (χ2n) is 3.87. The Morgan fingerprint density at radius 2 is 2.21 bits per heavy atom. The molecule has 0 bridgehead atoms. The normalized spacial score (nSPS) is 22.4. The van der Waals surface area contributed by atoms with Gasteiger partial charge in [-0.15, -0.1) is 0 Å². The quantitative estimate of drug-likeness (QED) is 0.691. The number of morpholine rings is 1. The van der Waals surface area contributed by atoms with Gasteiger partial charge < -0.3 is 9.64 Å². The van der Waals surface area contributed by atoms with Crippen molar-refractivity contribution < 1.29 is 9.53 Å². The van der Waals surface area contributed by atoms with Crippen LogP contribution in [0.3, 0.4) is 0 Å². The van der Waals surface area contributed by atoms with Gasteiger partial charge in [-0.25, -0.2) is 0 Å². The van der Waals surface area contributed by atoms with Gasteiger partial charge in [-0.2, -0.15) is 0 Å². The molecule has 0 aromatic heterocycles. The van der Waals surface area contributed by atoms with Crippen molar-refractivity contribution in [1.82, 2.24) is 4.90 Å². The van der Waals surface area contributed by atoms with Crippen molar-refractivity contribution in [2.24, 2.45) is 0 Å². The summed E-state index contributed by atoms with van der Waals surface area (Å²) in [7, 11) is 0. The number of amides is 1. The van der Waals surface area contributed by atoms with E-state index in [0.717, 1.165) is 32.4 Å². The maximum absolute atomic E-state index is 11.6. The fraction of sp³-hybridized carbons (Fsp3) is 0.909. The predicted molar refractivity (Wildman–Crippen MR) is 56.1 cm³/mol. The molecule has 0 aliphatic carbocycles. The number of ether oxygens (including phenoxy) is 1. The first-order valence-corrected chi connectivity index (χ1v) is 5.67. The zero-order valence-electron chi connectivity index (χ0n) is 9.29. The minimum atomic E-state index is 0.273. The van der Waals surface area contributed by atoms with Crippen LogP contribution in [0.2, 0.25) is 0 Å². The minimum absolute atomic E-state index is 0.273. The van der Waals surface area contributed by atoms with Gasteiger partial charge in [-0.3, -0.25) is 4.79 Å². The summed E-state index contributed by atoms with van der Waals surface area (Å²) >= 11 is 0. The van der Waals surface area contributed by atoms with Crippen LogP contribution in [0.5, 0.6) is 0 Å². The van der Waals surface area contributed by atoms with Crippen molar-refractivity contribution in [1.29, 1.82) is 0 Å². The molecule has 1 saturated heterocycles. The smallest absolute Gasteiger partial charge is 0.222 e. The molecule has 1 aliphatic rings. The molecule has 3 heteroatoms. The second-order valence-corrected chi connectivity index (χ2v) is 3.87. The zero-order chi connectivity index (χ0) is 10.4. The van der Waals surface area contributed by atoms with Gasteiger partial charge in [0.25, 0.3) is 0 Å². The van der Waals surface area contributed by atoms with Crippen LogP contribution in [0.25, 0.3) is 0 Å². The van der Waals surface area contributed by atoms with Gasteiger partial charge in [0.05, 0.1) is 12.7 Å².